The molecule has 8 nitrogen and oxygen atoms in total. The van der Waals surface area contributed by atoms with E-state index in [1.807, 2.05) is 18.2 Å². The minimum absolute atomic E-state index is 0.393. The predicted molar refractivity (Wildman–Crippen MR) is 133 cm³/mol. The molecule has 1 aliphatic rings. The van der Waals surface area contributed by atoms with E-state index in [0.29, 0.717) is 28.0 Å². The monoisotopic (exact) mass is 472 g/mol. The minimum atomic E-state index is 0.393. The number of benzene rings is 2. The molecule has 2 aromatic heterocycles. The molecule has 0 bridgehead atoms. The highest BCUT2D eigenvalue weighted by atomic mass is 32.1. The molecule has 0 atom stereocenters. The van der Waals surface area contributed by atoms with E-state index >= 15 is 0 Å². The van der Waals surface area contributed by atoms with E-state index in [1.165, 1.54) is 0 Å². The molecule has 5 rings (SSSR count). The number of fused-ring (bicyclic) bond motifs is 1. The SMILES string of the molecule is CCCCc1nc2c(n1Cc1ccc(-c3ccccc3-c3nnn[nH]3)cc1)C(=S)N=NC2=S. The first kappa shape index (κ1) is 21.4. The summed E-state index contributed by atoms with van der Waals surface area (Å²) in [4.78, 5) is 5.60. The number of H-pyrrole nitrogens is 1. The lowest BCUT2D eigenvalue weighted by atomic mass is 9.98. The fourth-order valence-electron chi connectivity index (χ4n) is 3.93. The Bertz CT molecular complexity index is 1350. The summed E-state index contributed by atoms with van der Waals surface area (Å²) in [6.07, 6.45) is 2.97. The number of tetrazole rings is 1. The van der Waals surface area contributed by atoms with Gasteiger partial charge >= 0.3 is 0 Å². The molecule has 4 aromatic rings. The third kappa shape index (κ3) is 4.14. The van der Waals surface area contributed by atoms with Gasteiger partial charge in [-0.15, -0.1) is 15.3 Å². The first-order valence-electron chi connectivity index (χ1n) is 10.7. The summed E-state index contributed by atoms with van der Waals surface area (Å²) in [7, 11) is 0. The standard InChI is InChI=1S/C23H20N8S2/c1-2-3-8-18-24-19-20(23(33)28-27-22(19)32)31(18)13-14-9-11-15(12-10-14)16-6-4-5-7-17(16)21-25-29-30-26-21/h4-7,9-12H,2-3,8,13H2,1H3,(H,25,26,29,30). The molecule has 164 valence electrons. The van der Waals surface area contributed by atoms with Crippen molar-refractivity contribution in [2.24, 2.45) is 10.2 Å². The fraction of sp³-hybridized carbons (Fsp3) is 0.217. The van der Waals surface area contributed by atoms with Crippen molar-refractivity contribution in [3.05, 3.63) is 71.3 Å². The number of aryl methyl sites for hydroxylation is 1. The van der Waals surface area contributed by atoms with E-state index in [4.69, 9.17) is 29.4 Å². The highest BCUT2D eigenvalue weighted by Crippen LogP contribution is 2.30. The zero-order chi connectivity index (χ0) is 22.8. The third-order valence-corrected chi connectivity index (χ3v) is 6.12. The maximum absolute atomic E-state index is 5.48. The van der Waals surface area contributed by atoms with Gasteiger partial charge in [0, 0.05) is 18.5 Å². The topological polar surface area (TPSA) is 97.0 Å². The van der Waals surface area contributed by atoms with Gasteiger partial charge in [0.2, 0.25) is 0 Å². The zero-order valence-corrected chi connectivity index (χ0v) is 19.5. The summed E-state index contributed by atoms with van der Waals surface area (Å²) >= 11 is 10.8. The second-order valence-electron chi connectivity index (χ2n) is 7.72. The maximum Gasteiger partial charge on any atom is 0.180 e. The molecule has 2 aromatic carbocycles. The van der Waals surface area contributed by atoms with Gasteiger partial charge in [-0.05, 0) is 33.5 Å². The van der Waals surface area contributed by atoms with Gasteiger partial charge in [0.1, 0.15) is 17.2 Å². The summed E-state index contributed by atoms with van der Waals surface area (Å²) in [5.41, 5.74) is 5.68. The molecule has 0 saturated carbocycles. The third-order valence-electron chi connectivity index (χ3n) is 5.57. The summed E-state index contributed by atoms with van der Waals surface area (Å²) in [5.74, 6) is 1.60. The number of hydrogen-bond donors (Lipinski definition) is 1. The number of unbranched alkanes of at least 4 members (excludes halogenated alkanes) is 1. The number of nitrogens with one attached hydrogen (secondary N) is 1. The van der Waals surface area contributed by atoms with E-state index in [9.17, 15) is 0 Å². The maximum atomic E-state index is 5.48. The van der Waals surface area contributed by atoms with Crippen molar-refractivity contribution in [2.45, 2.75) is 32.7 Å². The summed E-state index contributed by atoms with van der Waals surface area (Å²) in [6, 6.07) is 16.5. The Kier molecular flexibility index (Phi) is 5.93. The van der Waals surface area contributed by atoms with E-state index in [-0.39, 0.29) is 0 Å². The van der Waals surface area contributed by atoms with Gasteiger partial charge in [0.25, 0.3) is 0 Å². The van der Waals surface area contributed by atoms with Crippen LogP contribution in [-0.2, 0) is 13.0 Å². The van der Waals surface area contributed by atoms with Gasteiger partial charge in [-0.2, -0.15) is 0 Å². The van der Waals surface area contributed by atoms with E-state index in [2.05, 4.69) is 72.7 Å². The number of aromatic amines is 1. The lowest BCUT2D eigenvalue weighted by molar-refractivity contribution is 0.675. The van der Waals surface area contributed by atoms with Crippen LogP contribution in [0.15, 0.2) is 58.8 Å². The largest absolute Gasteiger partial charge is 0.321 e. The molecule has 0 spiro atoms. The van der Waals surface area contributed by atoms with Crippen LogP contribution in [0.4, 0.5) is 0 Å². The van der Waals surface area contributed by atoms with Crippen molar-refractivity contribution in [1.82, 2.24) is 30.2 Å². The molecule has 0 fully saturated rings. The second-order valence-corrected chi connectivity index (χ2v) is 8.49. The lowest BCUT2D eigenvalue weighted by Gasteiger charge is -2.14. The van der Waals surface area contributed by atoms with E-state index in [0.717, 1.165) is 53.0 Å². The van der Waals surface area contributed by atoms with Crippen molar-refractivity contribution >= 4 is 34.4 Å². The Labute approximate surface area is 201 Å². The average molecular weight is 473 g/mol. The number of aromatic nitrogens is 6. The van der Waals surface area contributed by atoms with Gasteiger partial charge < -0.3 is 4.57 Å². The highest BCUT2D eigenvalue weighted by molar-refractivity contribution is 7.81. The zero-order valence-electron chi connectivity index (χ0n) is 17.9. The summed E-state index contributed by atoms with van der Waals surface area (Å²) < 4.78 is 2.14. The van der Waals surface area contributed by atoms with Crippen LogP contribution in [-0.4, -0.2) is 40.2 Å². The fourth-order valence-corrected chi connectivity index (χ4v) is 4.36. The van der Waals surface area contributed by atoms with Crippen molar-refractivity contribution < 1.29 is 0 Å². The van der Waals surface area contributed by atoms with Crippen LogP contribution >= 0.6 is 24.4 Å². The number of rotatable bonds is 7. The first-order valence-corrected chi connectivity index (χ1v) is 11.5. The molecular weight excluding hydrogens is 452 g/mol. The lowest BCUT2D eigenvalue weighted by Crippen LogP contribution is -2.15. The minimum Gasteiger partial charge on any atom is -0.321 e. The molecule has 0 radical (unpaired) electrons. The number of nitrogens with zero attached hydrogens (tertiary/aromatic N) is 7. The molecule has 1 aliphatic heterocycles. The highest BCUT2D eigenvalue weighted by Gasteiger charge is 2.26. The Hall–Kier alpha value is -3.50. The first-order chi connectivity index (χ1) is 16.2. The van der Waals surface area contributed by atoms with Gasteiger partial charge in [-0.3, -0.25) is 0 Å². The smallest absolute Gasteiger partial charge is 0.180 e. The Balaban J connectivity index is 1.48. The quantitative estimate of drug-likeness (QED) is 0.383. The van der Waals surface area contributed by atoms with Crippen LogP contribution in [0.2, 0.25) is 0 Å². The predicted octanol–water partition coefficient (Wildman–Crippen LogP) is 4.94. The van der Waals surface area contributed by atoms with Crippen LogP contribution in [0.3, 0.4) is 0 Å². The van der Waals surface area contributed by atoms with Crippen molar-refractivity contribution in [3.8, 4) is 22.5 Å². The molecule has 3 heterocycles. The van der Waals surface area contributed by atoms with Gasteiger partial charge in [-0.1, -0.05) is 86.3 Å². The van der Waals surface area contributed by atoms with Crippen LogP contribution in [0, 0.1) is 0 Å². The van der Waals surface area contributed by atoms with Crippen LogP contribution in [0.1, 0.15) is 42.5 Å². The molecule has 33 heavy (non-hydrogen) atoms. The summed E-state index contributed by atoms with van der Waals surface area (Å²) in [6.45, 7) is 2.80. The van der Waals surface area contributed by atoms with E-state index in [1.54, 1.807) is 0 Å². The molecule has 10 heteroatoms. The number of hydrogen-bond acceptors (Lipinski definition) is 6. The van der Waals surface area contributed by atoms with Crippen molar-refractivity contribution in [2.75, 3.05) is 0 Å². The van der Waals surface area contributed by atoms with Crippen LogP contribution in [0.5, 0.6) is 0 Å². The summed E-state index contributed by atoms with van der Waals surface area (Å²) in [5, 5.41) is 22.4. The van der Waals surface area contributed by atoms with Crippen LogP contribution < -0.4 is 0 Å². The second kappa shape index (κ2) is 9.16. The average Bonchev–Trinajstić information content (AvgIpc) is 3.50. The Morgan fingerprint density at radius 3 is 2.42 bits per heavy atom. The molecular formula is C23H20N8S2. The van der Waals surface area contributed by atoms with Gasteiger partial charge in [-0.25, -0.2) is 10.1 Å². The Morgan fingerprint density at radius 1 is 0.939 bits per heavy atom. The molecule has 0 unspecified atom stereocenters. The molecule has 0 aliphatic carbocycles. The number of thiocarbonyl (C=S) groups is 2. The van der Waals surface area contributed by atoms with Crippen molar-refractivity contribution in [1.29, 1.82) is 0 Å². The van der Waals surface area contributed by atoms with Gasteiger partial charge in [0.05, 0.1) is 0 Å². The molecule has 0 amide bonds. The Morgan fingerprint density at radius 2 is 1.70 bits per heavy atom. The number of imidazole rings is 1. The van der Waals surface area contributed by atoms with E-state index < -0.39 is 0 Å². The normalized spacial score (nSPS) is 12.9. The molecule has 0 saturated heterocycles. The molecule has 1 N–H and O–H groups in total. The number of azo groups is 1. The van der Waals surface area contributed by atoms with Crippen LogP contribution in [0.25, 0.3) is 22.5 Å². The van der Waals surface area contributed by atoms with Gasteiger partial charge in [0.15, 0.2) is 15.8 Å². The van der Waals surface area contributed by atoms with Crippen molar-refractivity contribution in [3.63, 3.8) is 0 Å².